The van der Waals surface area contributed by atoms with Crippen LogP contribution in [0.5, 0.6) is 0 Å². The molecule has 2 aliphatic rings. The number of nitrogens with one attached hydrogen (secondary N) is 2. The lowest BCUT2D eigenvalue weighted by Crippen LogP contribution is -2.53. The molecule has 10 heteroatoms. The number of anilines is 2. The molecule has 2 aromatic carbocycles. The highest BCUT2D eigenvalue weighted by Gasteiger charge is 2.49. The maximum atomic E-state index is 13.9. The summed E-state index contributed by atoms with van der Waals surface area (Å²) in [4.78, 5) is 40.3. The number of halogens is 3. The van der Waals surface area contributed by atoms with Crippen molar-refractivity contribution < 1.29 is 27.6 Å². The van der Waals surface area contributed by atoms with Crippen LogP contribution in [0.1, 0.15) is 24.8 Å². The molecule has 2 N–H and O–H groups in total. The van der Waals surface area contributed by atoms with E-state index in [1.54, 1.807) is 11.0 Å². The van der Waals surface area contributed by atoms with E-state index in [4.69, 9.17) is 0 Å². The third-order valence-corrected chi connectivity index (χ3v) is 6.40. The van der Waals surface area contributed by atoms with E-state index >= 15 is 0 Å². The van der Waals surface area contributed by atoms with Crippen LogP contribution >= 0.6 is 0 Å². The fourth-order valence-electron chi connectivity index (χ4n) is 4.55. The molecule has 1 unspecified atom stereocenters. The van der Waals surface area contributed by atoms with Crippen molar-refractivity contribution in [3.8, 4) is 0 Å². The molecule has 2 heterocycles. The van der Waals surface area contributed by atoms with Gasteiger partial charge in [-0.05, 0) is 43.6 Å². The van der Waals surface area contributed by atoms with E-state index in [9.17, 15) is 27.6 Å². The SMILES string of the molecule is O=C1CC(C(F)(F)F)N(C(=O)CN2CCC(C(=O)NCc3ccccc3)CC2)c2ccccc2N1. The summed E-state index contributed by atoms with van der Waals surface area (Å²) in [5.41, 5.74) is 1.20. The van der Waals surface area contributed by atoms with Gasteiger partial charge < -0.3 is 10.6 Å². The van der Waals surface area contributed by atoms with Gasteiger partial charge in [0.2, 0.25) is 17.7 Å². The van der Waals surface area contributed by atoms with E-state index in [2.05, 4.69) is 10.6 Å². The van der Waals surface area contributed by atoms with Crippen LogP contribution in [0.15, 0.2) is 54.6 Å². The second-order valence-electron chi connectivity index (χ2n) is 8.84. The molecule has 2 aliphatic heterocycles. The second-order valence-corrected chi connectivity index (χ2v) is 8.84. The Hall–Kier alpha value is -3.40. The van der Waals surface area contributed by atoms with Crippen LogP contribution in [-0.2, 0) is 20.9 Å². The van der Waals surface area contributed by atoms with E-state index in [1.807, 2.05) is 30.3 Å². The molecule has 0 aromatic heterocycles. The highest BCUT2D eigenvalue weighted by molar-refractivity contribution is 6.05. The minimum atomic E-state index is -4.77. The van der Waals surface area contributed by atoms with Crippen LogP contribution in [0.2, 0.25) is 0 Å². The van der Waals surface area contributed by atoms with Gasteiger partial charge in [-0.15, -0.1) is 0 Å². The molecule has 0 aliphatic carbocycles. The van der Waals surface area contributed by atoms with Gasteiger partial charge in [-0.25, -0.2) is 0 Å². The van der Waals surface area contributed by atoms with Crippen molar-refractivity contribution in [2.24, 2.45) is 5.92 Å². The summed E-state index contributed by atoms with van der Waals surface area (Å²) in [6, 6.07) is 13.3. The minimum Gasteiger partial charge on any atom is -0.352 e. The summed E-state index contributed by atoms with van der Waals surface area (Å²) in [5, 5.41) is 5.39. The lowest BCUT2D eigenvalue weighted by molar-refractivity contribution is -0.158. The Morgan fingerprint density at radius 3 is 2.34 bits per heavy atom. The summed E-state index contributed by atoms with van der Waals surface area (Å²) in [6.07, 6.45) is -4.62. The molecular formula is C25H27F3N4O3. The molecule has 1 atom stereocenters. The third-order valence-electron chi connectivity index (χ3n) is 6.40. The van der Waals surface area contributed by atoms with E-state index in [0.717, 1.165) is 5.56 Å². The average Bonchev–Trinajstić information content (AvgIpc) is 2.99. The number of benzene rings is 2. The number of nitrogens with zero attached hydrogens (tertiary/aromatic N) is 2. The molecule has 4 rings (SSSR count). The van der Waals surface area contributed by atoms with Crippen LogP contribution in [0.25, 0.3) is 0 Å². The maximum Gasteiger partial charge on any atom is 0.409 e. The van der Waals surface area contributed by atoms with Crippen LogP contribution in [0.4, 0.5) is 24.5 Å². The maximum absolute atomic E-state index is 13.9. The van der Waals surface area contributed by atoms with E-state index in [-0.39, 0.29) is 29.7 Å². The van der Waals surface area contributed by atoms with Gasteiger partial charge in [-0.2, -0.15) is 13.2 Å². The first-order chi connectivity index (χ1) is 16.7. The van der Waals surface area contributed by atoms with Crippen LogP contribution in [-0.4, -0.2) is 54.5 Å². The number of likely N-dealkylation sites (tertiary alicyclic amines) is 1. The number of alkyl halides is 3. The second kappa shape index (κ2) is 10.5. The number of rotatable bonds is 5. The normalized spacial score (nSPS) is 19.5. The van der Waals surface area contributed by atoms with Crippen molar-refractivity contribution in [1.29, 1.82) is 0 Å². The quantitative estimate of drug-likeness (QED) is 0.677. The average molecular weight is 489 g/mol. The molecule has 1 fully saturated rings. The van der Waals surface area contributed by atoms with E-state index in [0.29, 0.717) is 37.4 Å². The van der Waals surface area contributed by atoms with Gasteiger partial charge in [0, 0.05) is 12.5 Å². The molecule has 0 radical (unpaired) electrons. The number of hydrogen-bond acceptors (Lipinski definition) is 4. The Morgan fingerprint density at radius 2 is 1.66 bits per heavy atom. The smallest absolute Gasteiger partial charge is 0.352 e. The molecule has 35 heavy (non-hydrogen) atoms. The van der Waals surface area contributed by atoms with Crippen LogP contribution < -0.4 is 15.5 Å². The largest absolute Gasteiger partial charge is 0.409 e. The Balaban J connectivity index is 1.39. The highest BCUT2D eigenvalue weighted by atomic mass is 19.4. The first-order valence-corrected chi connectivity index (χ1v) is 11.5. The first kappa shape index (κ1) is 24.7. The molecule has 7 nitrogen and oxygen atoms in total. The van der Waals surface area contributed by atoms with Gasteiger partial charge in [-0.3, -0.25) is 24.2 Å². The van der Waals surface area contributed by atoms with Gasteiger partial charge in [0.05, 0.1) is 24.3 Å². The first-order valence-electron chi connectivity index (χ1n) is 11.5. The van der Waals surface area contributed by atoms with Gasteiger partial charge in [-0.1, -0.05) is 42.5 Å². The summed E-state index contributed by atoms with van der Waals surface area (Å²) in [7, 11) is 0. The lowest BCUT2D eigenvalue weighted by Gasteiger charge is -2.35. The van der Waals surface area contributed by atoms with Crippen LogP contribution in [0.3, 0.4) is 0 Å². The van der Waals surface area contributed by atoms with Gasteiger partial charge in [0.15, 0.2) is 0 Å². The number of carbonyl (C=O) groups is 3. The number of hydrogen-bond donors (Lipinski definition) is 2. The molecule has 2 aromatic rings. The number of para-hydroxylation sites is 2. The Kier molecular flexibility index (Phi) is 7.39. The molecule has 0 bridgehead atoms. The number of fused-ring (bicyclic) bond motifs is 1. The fraction of sp³-hybridized carbons (Fsp3) is 0.400. The van der Waals surface area contributed by atoms with Crippen LogP contribution in [0, 0.1) is 5.92 Å². The molecule has 1 saturated heterocycles. The molecule has 0 spiro atoms. The zero-order chi connectivity index (χ0) is 25.0. The number of piperidine rings is 1. The van der Waals surface area contributed by atoms with Gasteiger partial charge in [0.1, 0.15) is 6.04 Å². The topological polar surface area (TPSA) is 81.8 Å². The van der Waals surface area contributed by atoms with E-state index in [1.165, 1.54) is 18.2 Å². The van der Waals surface area contributed by atoms with Crippen molar-refractivity contribution >= 4 is 29.1 Å². The number of amides is 3. The summed E-state index contributed by atoms with van der Waals surface area (Å²) < 4.78 is 41.6. The van der Waals surface area contributed by atoms with Crippen molar-refractivity contribution in [2.75, 3.05) is 29.9 Å². The van der Waals surface area contributed by atoms with Gasteiger partial charge >= 0.3 is 6.18 Å². The standard InChI is InChI=1S/C25H27F3N4O3/c26-25(27,28)21-14-22(33)30-19-8-4-5-9-20(19)32(21)23(34)16-31-12-10-18(11-13-31)24(35)29-15-17-6-2-1-3-7-17/h1-9,18,21H,10-16H2,(H,29,35)(H,30,33). The molecule has 0 saturated carbocycles. The Morgan fingerprint density at radius 1 is 1.00 bits per heavy atom. The Bertz CT molecular complexity index is 1070. The monoisotopic (exact) mass is 488 g/mol. The predicted octanol–water partition coefficient (Wildman–Crippen LogP) is 3.32. The summed E-state index contributed by atoms with van der Waals surface area (Å²) >= 11 is 0. The van der Waals surface area contributed by atoms with Gasteiger partial charge in [0.25, 0.3) is 0 Å². The zero-order valence-corrected chi connectivity index (χ0v) is 19.1. The minimum absolute atomic E-state index is 0.0286. The summed E-state index contributed by atoms with van der Waals surface area (Å²) in [6.45, 7) is 1.03. The summed E-state index contributed by atoms with van der Waals surface area (Å²) in [5.74, 6) is -1.81. The molecular weight excluding hydrogens is 461 g/mol. The van der Waals surface area contributed by atoms with Crippen molar-refractivity contribution in [3.05, 3.63) is 60.2 Å². The van der Waals surface area contributed by atoms with Crippen molar-refractivity contribution in [1.82, 2.24) is 10.2 Å². The highest BCUT2D eigenvalue weighted by Crippen LogP contribution is 2.37. The third kappa shape index (κ3) is 6.00. The fourth-order valence-corrected chi connectivity index (χ4v) is 4.55. The Labute approximate surface area is 201 Å². The lowest BCUT2D eigenvalue weighted by atomic mass is 9.95. The molecule has 186 valence electrons. The van der Waals surface area contributed by atoms with Crippen molar-refractivity contribution in [3.63, 3.8) is 0 Å². The number of carbonyl (C=O) groups excluding carboxylic acids is 3. The zero-order valence-electron chi connectivity index (χ0n) is 19.1. The van der Waals surface area contributed by atoms with E-state index < -0.39 is 30.5 Å². The predicted molar refractivity (Wildman–Crippen MR) is 124 cm³/mol. The molecule has 3 amide bonds. The van der Waals surface area contributed by atoms with Crippen molar-refractivity contribution in [2.45, 2.75) is 38.0 Å².